The van der Waals surface area contributed by atoms with E-state index in [1.807, 2.05) is 34.6 Å². The SMILES string of the molecule is C/C(=N\O)C(C)(C)NCC(C)CNC(C)(C)/C(Cn1ccnc1[N+](=O)[O-])=N/O. The third-order valence-corrected chi connectivity index (χ3v) is 4.86. The molecule has 1 unspecified atom stereocenters. The minimum atomic E-state index is -0.695. The minimum Gasteiger partial charge on any atom is -0.411 e. The topological polar surface area (TPSA) is 150 Å². The Labute approximate surface area is 164 Å². The van der Waals surface area contributed by atoms with Crippen LogP contribution >= 0.6 is 0 Å². The van der Waals surface area contributed by atoms with Crippen molar-refractivity contribution in [1.29, 1.82) is 0 Å². The Morgan fingerprint density at radius 1 is 1.25 bits per heavy atom. The van der Waals surface area contributed by atoms with Crippen LogP contribution in [-0.2, 0) is 6.54 Å². The molecule has 1 rings (SSSR count). The zero-order valence-electron chi connectivity index (χ0n) is 17.3. The van der Waals surface area contributed by atoms with Gasteiger partial charge in [-0.2, -0.15) is 0 Å². The van der Waals surface area contributed by atoms with Crippen LogP contribution in [0.4, 0.5) is 5.95 Å². The molecule has 158 valence electrons. The van der Waals surface area contributed by atoms with Crippen LogP contribution in [0.1, 0.15) is 41.5 Å². The number of nitrogens with zero attached hydrogens (tertiary/aromatic N) is 5. The monoisotopic (exact) mass is 397 g/mol. The van der Waals surface area contributed by atoms with Crippen LogP contribution in [-0.4, -0.2) is 60.5 Å². The lowest BCUT2D eigenvalue weighted by atomic mass is 9.96. The van der Waals surface area contributed by atoms with Crippen molar-refractivity contribution in [1.82, 2.24) is 20.2 Å². The maximum atomic E-state index is 11.0. The lowest BCUT2D eigenvalue weighted by Crippen LogP contribution is -2.52. The summed E-state index contributed by atoms with van der Waals surface area (Å²) in [6, 6.07) is 0. The molecule has 1 aromatic heterocycles. The van der Waals surface area contributed by atoms with Crippen LogP contribution in [0.3, 0.4) is 0 Å². The molecule has 0 saturated heterocycles. The predicted octanol–water partition coefficient (Wildman–Crippen LogP) is 1.84. The van der Waals surface area contributed by atoms with Crippen molar-refractivity contribution in [2.75, 3.05) is 13.1 Å². The first-order chi connectivity index (χ1) is 12.9. The fraction of sp³-hybridized carbons (Fsp3) is 0.706. The largest absolute Gasteiger partial charge is 0.434 e. The molecule has 0 aliphatic carbocycles. The Hall–Kier alpha value is -2.53. The van der Waals surface area contributed by atoms with Gasteiger partial charge in [0.2, 0.25) is 0 Å². The van der Waals surface area contributed by atoms with Crippen molar-refractivity contribution in [3.8, 4) is 0 Å². The van der Waals surface area contributed by atoms with E-state index < -0.39 is 16.0 Å². The van der Waals surface area contributed by atoms with E-state index in [-0.39, 0.29) is 18.4 Å². The molecule has 4 N–H and O–H groups in total. The standard InChI is InChI=1S/C17H31N7O4/c1-12(9-19-16(3,4)13(2)21-25)10-20-17(5,6)14(22-26)11-23-8-7-18-15(23)24(27)28/h7-8,12,19-20,25-26H,9-11H2,1-6H3/b21-13+,22-14+. The molecule has 0 aliphatic heterocycles. The van der Waals surface area contributed by atoms with Crippen molar-refractivity contribution in [3.63, 3.8) is 0 Å². The van der Waals surface area contributed by atoms with Gasteiger partial charge in [0, 0.05) is 0 Å². The predicted molar refractivity (Wildman–Crippen MR) is 106 cm³/mol. The smallest absolute Gasteiger partial charge is 0.411 e. The van der Waals surface area contributed by atoms with Gasteiger partial charge < -0.3 is 31.2 Å². The van der Waals surface area contributed by atoms with Gasteiger partial charge in [-0.05, 0) is 58.5 Å². The third kappa shape index (κ3) is 6.27. The Morgan fingerprint density at radius 2 is 1.82 bits per heavy atom. The number of oxime groups is 2. The maximum absolute atomic E-state index is 11.0. The van der Waals surface area contributed by atoms with Crippen molar-refractivity contribution in [2.45, 2.75) is 59.2 Å². The summed E-state index contributed by atoms with van der Waals surface area (Å²) in [7, 11) is 0. The van der Waals surface area contributed by atoms with E-state index in [1.54, 1.807) is 6.92 Å². The number of hydrogen-bond donors (Lipinski definition) is 4. The first kappa shape index (κ1) is 23.5. The van der Waals surface area contributed by atoms with Crippen LogP contribution in [0.15, 0.2) is 22.7 Å². The first-order valence-corrected chi connectivity index (χ1v) is 9.00. The van der Waals surface area contributed by atoms with E-state index in [2.05, 4.69) is 25.9 Å². The van der Waals surface area contributed by atoms with Gasteiger partial charge in [0.25, 0.3) is 0 Å². The van der Waals surface area contributed by atoms with Gasteiger partial charge in [0.15, 0.2) is 0 Å². The number of imidazole rings is 1. The second-order valence-electron chi connectivity index (χ2n) is 7.96. The molecule has 28 heavy (non-hydrogen) atoms. The van der Waals surface area contributed by atoms with Gasteiger partial charge in [-0.3, -0.25) is 0 Å². The molecule has 11 heteroatoms. The summed E-state index contributed by atoms with van der Waals surface area (Å²) in [6.45, 7) is 12.7. The maximum Gasteiger partial charge on any atom is 0.434 e. The Bertz CT molecular complexity index is 725. The van der Waals surface area contributed by atoms with E-state index in [0.717, 1.165) is 0 Å². The van der Waals surface area contributed by atoms with Gasteiger partial charge in [0.05, 0.1) is 16.8 Å². The molecular formula is C17H31N7O4. The summed E-state index contributed by atoms with van der Waals surface area (Å²) < 4.78 is 1.32. The second kappa shape index (κ2) is 9.60. The molecule has 0 fully saturated rings. The zero-order chi connectivity index (χ0) is 21.5. The Balaban J connectivity index is 2.68. The third-order valence-electron chi connectivity index (χ3n) is 4.86. The molecule has 0 spiro atoms. The number of rotatable bonds is 11. The van der Waals surface area contributed by atoms with Gasteiger partial charge >= 0.3 is 5.95 Å². The molecule has 1 aromatic rings. The van der Waals surface area contributed by atoms with Gasteiger partial charge in [-0.25, -0.2) is 4.57 Å². The second-order valence-corrected chi connectivity index (χ2v) is 7.96. The van der Waals surface area contributed by atoms with E-state index in [0.29, 0.717) is 24.5 Å². The summed E-state index contributed by atoms with van der Waals surface area (Å²) in [6.07, 6.45) is 2.81. The van der Waals surface area contributed by atoms with Gasteiger partial charge in [-0.1, -0.05) is 22.2 Å². The van der Waals surface area contributed by atoms with Crippen LogP contribution in [0, 0.1) is 16.0 Å². The minimum absolute atomic E-state index is 0.0403. The van der Waals surface area contributed by atoms with Crippen LogP contribution in [0.25, 0.3) is 0 Å². The molecule has 0 amide bonds. The van der Waals surface area contributed by atoms with E-state index in [4.69, 9.17) is 5.21 Å². The first-order valence-electron chi connectivity index (χ1n) is 9.00. The number of aromatic nitrogens is 2. The molecule has 0 saturated carbocycles. The molecule has 1 heterocycles. The number of hydrogen-bond acceptors (Lipinski definition) is 9. The van der Waals surface area contributed by atoms with Crippen LogP contribution in [0.5, 0.6) is 0 Å². The molecule has 0 bridgehead atoms. The summed E-state index contributed by atoms with van der Waals surface area (Å²) >= 11 is 0. The van der Waals surface area contributed by atoms with Crippen LogP contribution in [0.2, 0.25) is 0 Å². The fourth-order valence-corrected chi connectivity index (χ4v) is 2.40. The van der Waals surface area contributed by atoms with E-state index in [1.165, 1.54) is 17.0 Å². The highest BCUT2D eigenvalue weighted by Crippen LogP contribution is 2.14. The summed E-state index contributed by atoms with van der Waals surface area (Å²) in [4.78, 5) is 14.1. The van der Waals surface area contributed by atoms with Crippen molar-refractivity contribution >= 4 is 17.4 Å². The highest BCUT2D eigenvalue weighted by molar-refractivity contribution is 5.92. The zero-order valence-corrected chi connectivity index (χ0v) is 17.3. The number of nitro groups is 1. The van der Waals surface area contributed by atoms with E-state index in [9.17, 15) is 15.3 Å². The average Bonchev–Trinajstić information content (AvgIpc) is 3.10. The van der Waals surface area contributed by atoms with E-state index >= 15 is 0 Å². The molecular weight excluding hydrogens is 366 g/mol. The lowest BCUT2D eigenvalue weighted by Gasteiger charge is -2.30. The van der Waals surface area contributed by atoms with Crippen molar-refractivity contribution in [2.24, 2.45) is 16.2 Å². The summed E-state index contributed by atoms with van der Waals surface area (Å²) in [5.74, 6) is -0.0924. The highest BCUT2D eigenvalue weighted by Gasteiger charge is 2.29. The molecule has 1 atom stereocenters. The van der Waals surface area contributed by atoms with Crippen molar-refractivity contribution in [3.05, 3.63) is 22.5 Å². The normalized spacial score (nSPS) is 14.9. The molecule has 0 radical (unpaired) electrons. The molecule has 0 aromatic carbocycles. The number of nitrogens with one attached hydrogen (secondary N) is 2. The summed E-state index contributed by atoms with van der Waals surface area (Å²) in [5.41, 5.74) is -0.197. The summed E-state index contributed by atoms with van der Waals surface area (Å²) in [5, 5.41) is 42.7. The van der Waals surface area contributed by atoms with Crippen LogP contribution < -0.4 is 10.6 Å². The molecule has 11 nitrogen and oxygen atoms in total. The highest BCUT2D eigenvalue weighted by atomic mass is 16.6. The Morgan fingerprint density at radius 3 is 2.32 bits per heavy atom. The van der Waals surface area contributed by atoms with Crippen molar-refractivity contribution < 1.29 is 15.3 Å². The average molecular weight is 397 g/mol. The quantitative estimate of drug-likeness (QED) is 0.192. The molecule has 0 aliphatic rings. The van der Waals surface area contributed by atoms with Gasteiger partial charge in [-0.15, -0.1) is 0 Å². The lowest BCUT2D eigenvalue weighted by molar-refractivity contribution is -0.396. The fourth-order valence-electron chi connectivity index (χ4n) is 2.40. The Kier molecular flexibility index (Phi) is 8.06. The van der Waals surface area contributed by atoms with Gasteiger partial charge in [0.1, 0.15) is 24.7 Å².